The van der Waals surface area contributed by atoms with E-state index in [2.05, 4.69) is 51.1 Å². The molecule has 0 fully saturated rings. The summed E-state index contributed by atoms with van der Waals surface area (Å²) in [5, 5.41) is 2.82. The van der Waals surface area contributed by atoms with E-state index in [0.29, 0.717) is 32.1 Å². The maximum Gasteiger partial charge on any atom is 0.324 e. The van der Waals surface area contributed by atoms with E-state index in [4.69, 9.17) is 0 Å². The van der Waals surface area contributed by atoms with E-state index in [1.807, 2.05) is 33.2 Å². The van der Waals surface area contributed by atoms with Crippen molar-refractivity contribution in [3.63, 3.8) is 0 Å². The third-order valence-electron chi connectivity index (χ3n) is 6.75. The molecule has 7 nitrogen and oxygen atoms in total. The Bertz CT molecular complexity index is 983. The summed E-state index contributed by atoms with van der Waals surface area (Å²) in [6.45, 7) is 8.82. The highest BCUT2D eigenvalue weighted by Crippen LogP contribution is 2.48. The number of urea groups is 1. The average molecular weight is 450 g/mol. The molecule has 0 bridgehead atoms. The van der Waals surface area contributed by atoms with Gasteiger partial charge in [-0.25, -0.2) is 4.79 Å². The molecule has 2 aliphatic heterocycles. The molecule has 0 saturated heterocycles. The summed E-state index contributed by atoms with van der Waals surface area (Å²) in [6.07, 6.45) is 7.78. The van der Waals surface area contributed by atoms with Crippen LogP contribution in [0.2, 0.25) is 0 Å². The number of nitrogens with zero attached hydrogens (tertiary/aromatic N) is 4. The van der Waals surface area contributed by atoms with Crippen molar-refractivity contribution in [3.05, 3.63) is 48.1 Å². The first-order chi connectivity index (χ1) is 15.9. The van der Waals surface area contributed by atoms with Crippen molar-refractivity contribution in [1.82, 2.24) is 20.0 Å². The van der Waals surface area contributed by atoms with E-state index in [1.165, 1.54) is 21.6 Å². The summed E-state index contributed by atoms with van der Waals surface area (Å²) in [5.41, 5.74) is 4.69. The molecule has 0 spiro atoms. The van der Waals surface area contributed by atoms with Gasteiger partial charge in [0, 0.05) is 44.4 Å². The fraction of sp³-hybridized carbons (Fsp3) is 0.500. The standard InChI is InChI=1S/C26H35N5O2/c1-5-11-30-17-19(25(32)31(26(33)27-6-2)13-8-12-29(3)4)14-21-20-9-7-10-22-24(20)18(16-28-22)15-23(21)30/h5,7,9-10,14,16,18-19,23H,1,6,8,11-13,15,17H2,2-4H3,(H,27,33). The molecule has 7 heteroatoms. The van der Waals surface area contributed by atoms with Gasteiger partial charge in [-0.1, -0.05) is 24.3 Å². The Hall–Kier alpha value is -2.77. The van der Waals surface area contributed by atoms with Crippen LogP contribution in [0.5, 0.6) is 0 Å². The van der Waals surface area contributed by atoms with Crippen LogP contribution in [-0.2, 0) is 4.79 Å². The normalized spacial score (nSPS) is 23.0. The number of rotatable bonds is 8. The molecule has 3 atom stereocenters. The molecule has 4 rings (SSSR count). The molecular formula is C26H35N5O2. The second kappa shape index (κ2) is 10.0. The molecule has 3 unspecified atom stereocenters. The minimum atomic E-state index is -0.382. The Morgan fingerprint density at radius 3 is 2.85 bits per heavy atom. The van der Waals surface area contributed by atoms with Crippen molar-refractivity contribution in [2.75, 3.05) is 46.8 Å². The van der Waals surface area contributed by atoms with Crippen LogP contribution in [0, 0.1) is 5.92 Å². The number of nitrogens with one attached hydrogen (secondary N) is 1. The van der Waals surface area contributed by atoms with Crippen molar-refractivity contribution in [1.29, 1.82) is 0 Å². The molecule has 176 valence electrons. The number of fused-ring (bicyclic) bond motifs is 2. The lowest BCUT2D eigenvalue weighted by Gasteiger charge is -2.43. The SMILES string of the molecule is C=CCN1CC(C(=O)N(CCCN(C)C)C(=O)NCC)C=C2c3cccc4c3C(C=N4)CC21. The second-order valence-electron chi connectivity index (χ2n) is 9.33. The Balaban J connectivity index is 1.66. The van der Waals surface area contributed by atoms with Crippen LogP contribution < -0.4 is 5.32 Å². The van der Waals surface area contributed by atoms with Gasteiger partial charge in [0.1, 0.15) is 0 Å². The number of aliphatic imine (C=N–C) groups is 1. The lowest BCUT2D eigenvalue weighted by Crippen LogP contribution is -2.52. The zero-order valence-electron chi connectivity index (χ0n) is 20.0. The minimum absolute atomic E-state index is 0.134. The molecule has 3 amide bonds. The average Bonchev–Trinajstić information content (AvgIpc) is 3.21. The lowest BCUT2D eigenvalue weighted by molar-refractivity contribution is -0.131. The van der Waals surface area contributed by atoms with E-state index < -0.39 is 0 Å². The van der Waals surface area contributed by atoms with Gasteiger partial charge in [-0.3, -0.25) is 19.6 Å². The molecule has 33 heavy (non-hydrogen) atoms. The highest BCUT2D eigenvalue weighted by atomic mass is 16.2. The summed E-state index contributed by atoms with van der Waals surface area (Å²) in [7, 11) is 3.99. The van der Waals surface area contributed by atoms with Crippen molar-refractivity contribution >= 4 is 29.4 Å². The number of hydrogen-bond acceptors (Lipinski definition) is 5. The number of benzene rings is 1. The Morgan fingerprint density at radius 1 is 1.30 bits per heavy atom. The third kappa shape index (κ3) is 4.66. The monoisotopic (exact) mass is 449 g/mol. The van der Waals surface area contributed by atoms with Crippen LogP contribution in [0.25, 0.3) is 5.57 Å². The van der Waals surface area contributed by atoms with E-state index in [9.17, 15) is 9.59 Å². The quantitative estimate of drug-likeness (QED) is 0.619. The van der Waals surface area contributed by atoms with Gasteiger partial charge in [0.15, 0.2) is 0 Å². The van der Waals surface area contributed by atoms with Crippen molar-refractivity contribution < 1.29 is 9.59 Å². The van der Waals surface area contributed by atoms with Crippen LogP contribution in [0.3, 0.4) is 0 Å². The number of carbonyl (C=O) groups excluding carboxylic acids is 2. The van der Waals surface area contributed by atoms with Crippen LogP contribution in [0.1, 0.15) is 36.8 Å². The predicted molar refractivity (Wildman–Crippen MR) is 133 cm³/mol. The maximum absolute atomic E-state index is 13.7. The van der Waals surface area contributed by atoms with E-state index >= 15 is 0 Å². The molecule has 1 aliphatic carbocycles. The van der Waals surface area contributed by atoms with Gasteiger partial charge in [0.25, 0.3) is 0 Å². The molecular weight excluding hydrogens is 414 g/mol. The summed E-state index contributed by atoms with van der Waals surface area (Å²) in [6, 6.07) is 6.16. The summed E-state index contributed by atoms with van der Waals surface area (Å²) >= 11 is 0. The summed E-state index contributed by atoms with van der Waals surface area (Å²) in [4.78, 5) is 36.9. The molecule has 1 aromatic rings. The van der Waals surface area contributed by atoms with Gasteiger partial charge in [-0.15, -0.1) is 6.58 Å². The van der Waals surface area contributed by atoms with E-state index in [0.717, 1.165) is 25.1 Å². The van der Waals surface area contributed by atoms with Crippen LogP contribution in [-0.4, -0.2) is 85.7 Å². The molecule has 3 aliphatic rings. The highest BCUT2D eigenvalue weighted by molar-refractivity contribution is 5.98. The molecule has 0 aromatic heterocycles. The maximum atomic E-state index is 13.7. The minimum Gasteiger partial charge on any atom is -0.338 e. The van der Waals surface area contributed by atoms with Gasteiger partial charge in [0.05, 0.1) is 11.6 Å². The van der Waals surface area contributed by atoms with Gasteiger partial charge in [-0.2, -0.15) is 0 Å². The largest absolute Gasteiger partial charge is 0.338 e. The van der Waals surface area contributed by atoms with Crippen molar-refractivity contribution in [2.45, 2.75) is 31.7 Å². The predicted octanol–water partition coefficient (Wildman–Crippen LogP) is 3.27. The summed E-state index contributed by atoms with van der Waals surface area (Å²) in [5.74, 6) is -0.200. The fourth-order valence-corrected chi connectivity index (χ4v) is 5.29. The Labute approximate surface area is 196 Å². The molecule has 0 saturated carbocycles. The number of carbonyl (C=O) groups is 2. The van der Waals surface area contributed by atoms with Crippen molar-refractivity contribution in [3.8, 4) is 0 Å². The summed E-state index contributed by atoms with van der Waals surface area (Å²) < 4.78 is 0. The zero-order valence-corrected chi connectivity index (χ0v) is 20.0. The molecule has 0 radical (unpaired) electrons. The van der Waals surface area contributed by atoms with Crippen LogP contribution >= 0.6 is 0 Å². The first-order valence-electron chi connectivity index (χ1n) is 11.9. The Kier molecular flexibility index (Phi) is 7.10. The zero-order chi connectivity index (χ0) is 23.5. The number of amides is 3. The molecule has 1 aromatic carbocycles. The van der Waals surface area contributed by atoms with Gasteiger partial charge < -0.3 is 10.2 Å². The van der Waals surface area contributed by atoms with Gasteiger partial charge in [0.2, 0.25) is 5.91 Å². The van der Waals surface area contributed by atoms with Crippen molar-refractivity contribution in [2.24, 2.45) is 10.9 Å². The third-order valence-corrected chi connectivity index (χ3v) is 6.75. The first-order valence-corrected chi connectivity index (χ1v) is 11.9. The smallest absolute Gasteiger partial charge is 0.324 e. The molecule has 1 N–H and O–H groups in total. The number of hydrogen-bond donors (Lipinski definition) is 1. The van der Waals surface area contributed by atoms with E-state index in [-0.39, 0.29) is 23.9 Å². The van der Waals surface area contributed by atoms with Crippen LogP contribution in [0.4, 0.5) is 10.5 Å². The highest BCUT2D eigenvalue weighted by Gasteiger charge is 2.42. The lowest BCUT2D eigenvalue weighted by atomic mass is 9.74. The van der Waals surface area contributed by atoms with Crippen LogP contribution in [0.15, 0.2) is 41.9 Å². The topological polar surface area (TPSA) is 68.2 Å². The second-order valence-corrected chi connectivity index (χ2v) is 9.33. The fourth-order valence-electron chi connectivity index (χ4n) is 5.29. The number of imide groups is 1. The first kappa shape index (κ1) is 23.4. The Morgan fingerprint density at radius 2 is 2.12 bits per heavy atom. The van der Waals surface area contributed by atoms with E-state index in [1.54, 1.807) is 0 Å². The van der Waals surface area contributed by atoms with Gasteiger partial charge in [-0.05, 0) is 63.2 Å². The molecule has 2 heterocycles. The van der Waals surface area contributed by atoms with Gasteiger partial charge >= 0.3 is 6.03 Å².